The maximum atomic E-state index is 11.8. The SMILES string of the molecule is COCC(C)CNC(=O)c1ccc(C(N)=NO)cc1. The molecule has 1 amide bonds. The van der Waals surface area contributed by atoms with E-state index < -0.39 is 0 Å². The van der Waals surface area contributed by atoms with Gasteiger partial charge in [0, 0.05) is 24.8 Å². The van der Waals surface area contributed by atoms with Gasteiger partial charge in [-0.05, 0) is 18.1 Å². The van der Waals surface area contributed by atoms with Gasteiger partial charge in [0.15, 0.2) is 5.84 Å². The minimum atomic E-state index is -0.158. The van der Waals surface area contributed by atoms with E-state index in [4.69, 9.17) is 15.7 Å². The lowest BCUT2D eigenvalue weighted by Gasteiger charge is -2.11. The molecule has 1 aromatic rings. The number of rotatable bonds is 6. The number of carbonyl (C=O) groups is 1. The predicted octanol–water partition coefficient (Wildman–Crippen LogP) is 0.793. The number of amides is 1. The molecule has 6 nitrogen and oxygen atoms in total. The highest BCUT2D eigenvalue weighted by atomic mass is 16.5. The molecule has 0 bridgehead atoms. The molecule has 0 heterocycles. The first kappa shape index (κ1) is 15.0. The predicted molar refractivity (Wildman–Crippen MR) is 72.3 cm³/mol. The van der Waals surface area contributed by atoms with Crippen molar-refractivity contribution in [3.63, 3.8) is 0 Å². The Hall–Kier alpha value is -2.08. The molecular weight excluding hydrogens is 246 g/mol. The summed E-state index contributed by atoms with van der Waals surface area (Å²) in [5.74, 6) is 0.111. The van der Waals surface area contributed by atoms with Gasteiger partial charge in [0.25, 0.3) is 5.91 Å². The van der Waals surface area contributed by atoms with Crippen molar-refractivity contribution < 1.29 is 14.7 Å². The van der Waals surface area contributed by atoms with Crippen molar-refractivity contribution >= 4 is 11.7 Å². The Morgan fingerprint density at radius 3 is 2.53 bits per heavy atom. The number of benzene rings is 1. The molecule has 0 saturated heterocycles. The molecule has 6 heteroatoms. The van der Waals surface area contributed by atoms with E-state index >= 15 is 0 Å². The summed E-state index contributed by atoms with van der Waals surface area (Å²) in [4.78, 5) is 11.8. The van der Waals surface area contributed by atoms with E-state index in [1.54, 1.807) is 31.4 Å². The number of nitrogens with two attached hydrogens (primary N) is 1. The molecule has 0 aromatic heterocycles. The van der Waals surface area contributed by atoms with Gasteiger partial charge in [0.1, 0.15) is 0 Å². The summed E-state index contributed by atoms with van der Waals surface area (Å²) in [5.41, 5.74) is 6.53. The van der Waals surface area contributed by atoms with Crippen molar-refractivity contribution in [1.29, 1.82) is 0 Å². The van der Waals surface area contributed by atoms with Crippen LogP contribution in [0.1, 0.15) is 22.8 Å². The third kappa shape index (κ3) is 4.59. The van der Waals surface area contributed by atoms with E-state index in [2.05, 4.69) is 10.5 Å². The maximum absolute atomic E-state index is 11.8. The summed E-state index contributed by atoms with van der Waals surface area (Å²) in [6, 6.07) is 6.51. The third-order valence-electron chi connectivity index (χ3n) is 2.61. The molecule has 1 aromatic carbocycles. The fourth-order valence-electron chi connectivity index (χ4n) is 1.56. The van der Waals surface area contributed by atoms with Crippen molar-refractivity contribution in [3.8, 4) is 0 Å². The van der Waals surface area contributed by atoms with E-state index in [0.29, 0.717) is 24.3 Å². The van der Waals surface area contributed by atoms with E-state index in [9.17, 15) is 4.79 Å². The number of ether oxygens (including phenoxy) is 1. The summed E-state index contributed by atoms with van der Waals surface area (Å²) < 4.78 is 4.99. The molecular formula is C13H19N3O3. The van der Waals surface area contributed by atoms with Gasteiger partial charge in [-0.2, -0.15) is 0 Å². The monoisotopic (exact) mass is 265 g/mol. The van der Waals surface area contributed by atoms with Crippen molar-refractivity contribution in [2.24, 2.45) is 16.8 Å². The molecule has 1 rings (SSSR count). The number of hydrogen-bond acceptors (Lipinski definition) is 4. The molecule has 0 fully saturated rings. The minimum absolute atomic E-state index is 0.0145. The Morgan fingerprint density at radius 2 is 2.00 bits per heavy atom. The molecule has 104 valence electrons. The molecule has 1 atom stereocenters. The van der Waals surface area contributed by atoms with Gasteiger partial charge in [-0.25, -0.2) is 0 Å². The molecule has 0 saturated carbocycles. The number of nitrogens with zero attached hydrogens (tertiary/aromatic N) is 1. The van der Waals surface area contributed by atoms with Crippen LogP contribution in [-0.4, -0.2) is 37.2 Å². The van der Waals surface area contributed by atoms with Gasteiger partial charge in [-0.3, -0.25) is 4.79 Å². The van der Waals surface area contributed by atoms with E-state index in [1.165, 1.54) is 0 Å². The van der Waals surface area contributed by atoms with Gasteiger partial charge in [-0.1, -0.05) is 24.2 Å². The average Bonchev–Trinajstić information content (AvgIpc) is 2.44. The Morgan fingerprint density at radius 1 is 1.42 bits per heavy atom. The van der Waals surface area contributed by atoms with Crippen LogP contribution in [-0.2, 0) is 4.74 Å². The molecule has 1 unspecified atom stereocenters. The third-order valence-corrected chi connectivity index (χ3v) is 2.61. The Labute approximate surface area is 112 Å². The molecule has 0 spiro atoms. The lowest BCUT2D eigenvalue weighted by atomic mass is 10.1. The van der Waals surface area contributed by atoms with Crippen molar-refractivity contribution in [3.05, 3.63) is 35.4 Å². The quantitative estimate of drug-likeness (QED) is 0.306. The first-order valence-corrected chi connectivity index (χ1v) is 5.93. The van der Waals surface area contributed by atoms with Crippen LogP contribution in [0.15, 0.2) is 29.4 Å². The van der Waals surface area contributed by atoms with Gasteiger partial charge in [0.2, 0.25) is 0 Å². The standard InChI is InChI=1S/C13H19N3O3/c1-9(8-19-2)7-15-13(17)11-5-3-10(4-6-11)12(14)16-18/h3-6,9,18H,7-8H2,1-2H3,(H2,14,16)(H,15,17). The van der Waals surface area contributed by atoms with Crippen LogP contribution in [0, 0.1) is 5.92 Å². The second-order valence-electron chi connectivity index (χ2n) is 4.33. The summed E-state index contributed by atoms with van der Waals surface area (Å²) in [6.07, 6.45) is 0. The van der Waals surface area contributed by atoms with Crippen LogP contribution in [0.2, 0.25) is 0 Å². The van der Waals surface area contributed by atoms with E-state index in [0.717, 1.165) is 0 Å². The van der Waals surface area contributed by atoms with Crippen LogP contribution >= 0.6 is 0 Å². The summed E-state index contributed by atoms with van der Waals surface area (Å²) in [6.45, 7) is 3.14. The van der Waals surface area contributed by atoms with Crippen LogP contribution in [0.4, 0.5) is 0 Å². The number of nitrogens with one attached hydrogen (secondary N) is 1. The zero-order chi connectivity index (χ0) is 14.3. The second-order valence-corrected chi connectivity index (χ2v) is 4.33. The van der Waals surface area contributed by atoms with Gasteiger partial charge in [0.05, 0.1) is 6.61 Å². The largest absolute Gasteiger partial charge is 0.409 e. The Balaban J connectivity index is 2.58. The highest BCUT2D eigenvalue weighted by Crippen LogP contribution is 2.04. The first-order chi connectivity index (χ1) is 9.08. The summed E-state index contributed by atoms with van der Waals surface area (Å²) in [5, 5.41) is 14.2. The molecule has 0 aliphatic heterocycles. The average molecular weight is 265 g/mol. The number of hydrogen-bond donors (Lipinski definition) is 3. The fraction of sp³-hybridized carbons (Fsp3) is 0.385. The Kier molecular flexibility index (Phi) is 5.81. The summed E-state index contributed by atoms with van der Waals surface area (Å²) >= 11 is 0. The zero-order valence-corrected chi connectivity index (χ0v) is 11.1. The molecule has 0 aliphatic carbocycles. The smallest absolute Gasteiger partial charge is 0.251 e. The lowest BCUT2D eigenvalue weighted by Crippen LogP contribution is -2.29. The first-order valence-electron chi connectivity index (χ1n) is 5.93. The minimum Gasteiger partial charge on any atom is -0.409 e. The van der Waals surface area contributed by atoms with Crippen LogP contribution in [0.25, 0.3) is 0 Å². The number of carbonyl (C=O) groups excluding carboxylic acids is 1. The highest BCUT2D eigenvalue weighted by molar-refractivity contribution is 5.99. The molecule has 0 radical (unpaired) electrons. The zero-order valence-electron chi connectivity index (χ0n) is 11.1. The van der Waals surface area contributed by atoms with E-state index in [-0.39, 0.29) is 17.7 Å². The number of methoxy groups -OCH3 is 1. The van der Waals surface area contributed by atoms with Crippen LogP contribution < -0.4 is 11.1 Å². The molecule has 19 heavy (non-hydrogen) atoms. The topological polar surface area (TPSA) is 96.9 Å². The Bertz CT molecular complexity index is 443. The number of oxime groups is 1. The maximum Gasteiger partial charge on any atom is 0.251 e. The van der Waals surface area contributed by atoms with Crippen LogP contribution in [0.3, 0.4) is 0 Å². The van der Waals surface area contributed by atoms with Gasteiger partial charge in [-0.15, -0.1) is 0 Å². The second kappa shape index (κ2) is 7.38. The van der Waals surface area contributed by atoms with Crippen molar-refractivity contribution in [2.75, 3.05) is 20.3 Å². The normalized spacial score (nSPS) is 13.1. The van der Waals surface area contributed by atoms with Gasteiger partial charge < -0.3 is 21.0 Å². The van der Waals surface area contributed by atoms with Crippen LogP contribution in [0.5, 0.6) is 0 Å². The molecule has 0 aliphatic rings. The van der Waals surface area contributed by atoms with Gasteiger partial charge >= 0.3 is 0 Å². The van der Waals surface area contributed by atoms with E-state index in [1.807, 2.05) is 6.92 Å². The van der Waals surface area contributed by atoms with Crippen molar-refractivity contribution in [1.82, 2.24) is 5.32 Å². The number of amidine groups is 1. The summed E-state index contributed by atoms with van der Waals surface area (Å²) in [7, 11) is 1.63. The van der Waals surface area contributed by atoms with Crippen molar-refractivity contribution in [2.45, 2.75) is 6.92 Å². The lowest BCUT2D eigenvalue weighted by molar-refractivity contribution is 0.0934. The fourth-order valence-corrected chi connectivity index (χ4v) is 1.56. The highest BCUT2D eigenvalue weighted by Gasteiger charge is 2.08. The molecule has 4 N–H and O–H groups in total.